The highest BCUT2D eigenvalue weighted by molar-refractivity contribution is 5.38. The lowest BCUT2D eigenvalue weighted by Gasteiger charge is -2.21. The summed E-state index contributed by atoms with van der Waals surface area (Å²) in [5.41, 5.74) is 1.82. The number of ether oxygens (including phenoxy) is 2. The minimum atomic E-state index is -0.365. The maximum Gasteiger partial charge on any atom is 0.124 e. The second-order valence-corrected chi connectivity index (χ2v) is 5.60. The highest BCUT2D eigenvalue weighted by Gasteiger charge is 2.18. The van der Waals surface area contributed by atoms with E-state index in [1.807, 2.05) is 26.0 Å². The Balaban J connectivity index is 2.81. The predicted molar refractivity (Wildman–Crippen MR) is 79.5 cm³/mol. The zero-order chi connectivity index (χ0) is 15.2. The normalized spacial score (nSPS) is 12.8. The molecule has 0 saturated carbocycles. The molecule has 0 aliphatic rings. The molecule has 1 atom stereocenters. The molecule has 1 aromatic carbocycles. The van der Waals surface area contributed by atoms with Crippen molar-refractivity contribution in [3.8, 4) is 11.8 Å². The van der Waals surface area contributed by atoms with E-state index in [4.69, 9.17) is 14.7 Å². The number of nitrogens with zero attached hydrogens (tertiary/aromatic N) is 1. The van der Waals surface area contributed by atoms with Gasteiger partial charge in [-0.2, -0.15) is 5.26 Å². The van der Waals surface area contributed by atoms with Crippen molar-refractivity contribution in [2.75, 3.05) is 20.8 Å². The lowest BCUT2D eigenvalue weighted by molar-refractivity contribution is 0.181. The molecule has 4 nitrogen and oxygen atoms in total. The maximum absolute atomic E-state index is 9.04. The summed E-state index contributed by atoms with van der Waals surface area (Å²) in [6.45, 7) is 7.11. The molecule has 0 aliphatic carbocycles. The Morgan fingerprint density at radius 1 is 1.35 bits per heavy atom. The van der Waals surface area contributed by atoms with Crippen molar-refractivity contribution >= 4 is 0 Å². The Morgan fingerprint density at radius 2 is 2.05 bits per heavy atom. The van der Waals surface area contributed by atoms with Gasteiger partial charge in [0, 0.05) is 25.3 Å². The Hall–Kier alpha value is -1.57. The third-order valence-corrected chi connectivity index (χ3v) is 3.26. The van der Waals surface area contributed by atoms with Gasteiger partial charge in [0.1, 0.15) is 5.75 Å². The Labute approximate surface area is 121 Å². The van der Waals surface area contributed by atoms with Gasteiger partial charge in [0.2, 0.25) is 0 Å². The molecule has 0 aliphatic heterocycles. The standard InChI is InChI=1S/C16H24N2O2/c1-12(18-11-16(2,3)10-17)13-6-7-15(20-5)14(8-13)9-19-4/h6-8,12,18H,9,11H2,1-5H3. The molecule has 1 unspecified atom stereocenters. The molecule has 4 heteroatoms. The summed E-state index contributed by atoms with van der Waals surface area (Å²) >= 11 is 0. The van der Waals surface area contributed by atoms with E-state index in [0.717, 1.165) is 16.9 Å². The van der Waals surface area contributed by atoms with Crippen molar-refractivity contribution < 1.29 is 9.47 Å². The van der Waals surface area contributed by atoms with E-state index in [-0.39, 0.29) is 11.5 Å². The van der Waals surface area contributed by atoms with Gasteiger partial charge < -0.3 is 14.8 Å². The van der Waals surface area contributed by atoms with Crippen LogP contribution in [-0.4, -0.2) is 20.8 Å². The van der Waals surface area contributed by atoms with Crippen molar-refractivity contribution in [3.05, 3.63) is 29.3 Å². The van der Waals surface area contributed by atoms with Gasteiger partial charge in [-0.3, -0.25) is 0 Å². The first-order valence-corrected chi connectivity index (χ1v) is 6.74. The van der Waals surface area contributed by atoms with E-state index < -0.39 is 0 Å². The van der Waals surface area contributed by atoms with Crippen molar-refractivity contribution in [2.24, 2.45) is 5.41 Å². The summed E-state index contributed by atoms with van der Waals surface area (Å²) in [6, 6.07) is 8.54. The van der Waals surface area contributed by atoms with Gasteiger partial charge in [-0.25, -0.2) is 0 Å². The minimum absolute atomic E-state index is 0.170. The third-order valence-electron chi connectivity index (χ3n) is 3.26. The van der Waals surface area contributed by atoms with Crippen molar-refractivity contribution in [1.29, 1.82) is 5.26 Å². The molecule has 0 amide bonds. The second-order valence-electron chi connectivity index (χ2n) is 5.60. The first-order valence-electron chi connectivity index (χ1n) is 6.74. The molecule has 0 spiro atoms. The molecule has 0 bridgehead atoms. The molecule has 1 rings (SSSR count). The highest BCUT2D eigenvalue weighted by Crippen LogP contribution is 2.24. The molecule has 0 fully saturated rings. The highest BCUT2D eigenvalue weighted by atomic mass is 16.5. The van der Waals surface area contributed by atoms with E-state index >= 15 is 0 Å². The van der Waals surface area contributed by atoms with Crippen LogP contribution in [-0.2, 0) is 11.3 Å². The van der Waals surface area contributed by atoms with Gasteiger partial charge in [0.15, 0.2) is 0 Å². The van der Waals surface area contributed by atoms with Crippen LogP contribution in [0.3, 0.4) is 0 Å². The molecule has 0 heterocycles. The van der Waals surface area contributed by atoms with Crippen molar-refractivity contribution in [3.63, 3.8) is 0 Å². The summed E-state index contributed by atoms with van der Waals surface area (Å²) in [6.07, 6.45) is 0. The van der Waals surface area contributed by atoms with Gasteiger partial charge in [-0.15, -0.1) is 0 Å². The van der Waals surface area contributed by atoms with Gasteiger partial charge in [0.25, 0.3) is 0 Å². The average molecular weight is 276 g/mol. The van der Waals surface area contributed by atoms with Crippen LogP contribution in [0.4, 0.5) is 0 Å². The van der Waals surface area contributed by atoms with Gasteiger partial charge in [0.05, 0.1) is 25.2 Å². The molecule has 20 heavy (non-hydrogen) atoms. The van der Waals surface area contributed by atoms with Crippen LogP contribution >= 0.6 is 0 Å². The zero-order valence-electron chi connectivity index (χ0n) is 13.0. The van der Waals surface area contributed by atoms with E-state index in [9.17, 15) is 0 Å². The van der Waals surface area contributed by atoms with Gasteiger partial charge in [-0.1, -0.05) is 6.07 Å². The Morgan fingerprint density at radius 3 is 2.60 bits per heavy atom. The Bertz CT molecular complexity index is 478. The monoisotopic (exact) mass is 276 g/mol. The predicted octanol–water partition coefficient (Wildman–Crippen LogP) is 3.04. The van der Waals surface area contributed by atoms with Crippen LogP contribution in [0.15, 0.2) is 18.2 Å². The molecule has 0 aromatic heterocycles. The van der Waals surface area contributed by atoms with Gasteiger partial charge in [-0.05, 0) is 38.5 Å². The molecular weight excluding hydrogens is 252 g/mol. The average Bonchev–Trinajstić information content (AvgIpc) is 2.45. The molecule has 0 radical (unpaired) electrons. The Kier molecular flexibility index (Phi) is 6.00. The fourth-order valence-corrected chi connectivity index (χ4v) is 1.90. The lowest BCUT2D eigenvalue weighted by atomic mass is 9.95. The number of rotatable bonds is 7. The quantitative estimate of drug-likeness (QED) is 0.831. The summed E-state index contributed by atoms with van der Waals surface area (Å²) < 4.78 is 10.5. The smallest absolute Gasteiger partial charge is 0.124 e. The molecule has 110 valence electrons. The fraction of sp³-hybridized carbons (Fsp3) is 0.562. The number of methoxy groups -OCH3 is 2. The number of nitriles is 1. The SMILES string of the molecule is COCc1cc(C(C)NCC(C)(C)C#N)ccc1OC. The number of hydrogen-bond acceptors (Lipinski definition) is 4. The first-order chi connectivity index (χ1) is 9.43. The zero-order valence-corrected chi connectivity index (χ0v) is 13.0. The van der Waals surface area contributed by atoms with Crippen LogP contribution in [0.25, 0.3) is 0 Å². The van der Waals surface area contributed by atoms with E-state index in [1.54, 1.807) is 14.2 Å². The lowest BCUT2D eigenvalue weighted by Crippen LogP contribution is -2.30. The van der Waals surface area contributed by atoms with E-state index in [1.165, 1.54) is 0 Å². The maximum atomic E-state index is 9.04. The van der Waals surface area contributed by atoms with Crippen molar-refractivity contribution in [2.45, 2.75) is 33.4 Å². The minimum Gasteiger partial charge on any atom is -0.496 e. The fourth-order valence-electron chi connectivity index (χ4n) is 1.90. The van der Waals surface area contributed by atoms with E-state index in [0.29, 0.717) is 13.2 Å². The number of benzene rings is 1. The topological polar surface area (TPSA) is 54.3 Å². The summed E-state index contributed by atoms with van der Waals surface area (Å²) in [7, 11) is 3.33. The number of hydrogen-bond donors (Lipinski definition) is 1. The van der Waals surface area contributed by atoms with E-state index in [2.05, 4.69) is 24.4 Å². The van der Waals surface area contributed by atoms with Crippen LogP contribution in [0.2, 0.25) is 0 Å². The second kappa shape index (κ2) is 7.28. The molecule has 0 saturated heterocycles. The van der Waals surface area contributed by atoms with Crippen LogP contribution in [0.5, 0.6) is 5.75 Å². The first kappa shape index (κ1) is 16.5. The summed E-state index contributed by atoms with van der Waals surface area (Å²) in [5, 5.41) is 12.4. The molecule has 1 aromatic rings. The number of nitrogens with one attached hydrogen (secondary N) is 1. The molecular formula is C16H24N2O2. The van der Waals surface area contributed by atoms with Crippen LogP contribution in [0, 0.1) is 16.7 Å². The summed E-state index contributed by atoms with van der Waals surface area (Å²) in [5.74, 6) is 0.833. The van der Waals surface area contributed by atoms with Crippen LogP contribution < -0.4 is 10.1 Å². The largest absolute Gasteiger partial charge is 0.496 e. The van der Waals surface area contributed by atoms with Crippen LogP contribution in [0.1, 0.15) is 37.9 Å². The third kappa shape index (κ3) is 4.52. The molecule has 1 N–H and O–H groups in total. The van der Waals surface area contributed by atoms with Crippen molar-refractivity contribution in [1.82, 2.24) is 5.32 Å². The summed E-state index contributed by atoms with van der Waals surface area (Å²) in [4.78, 5) is 0. The van der Waals surface area contributed by atoms with Gasteiger partial charge >= 0.3 is 0 Å².